The van der Waals surface area contributed by atoms with Gasteiger partial charge in [0.1, 0.15) is 5.82 Å². The topological polar surface area (TPSA) is 25.8 Å². The maximum Gasteiger partial charge on any atom is 0.128 e. The van der Waals surface area contributed by atoms with Crippen molar-refractivity contribution in [3.8, 4) is 11.1 Å². The molecule has 1 aliphatic rings. The Kier molecular flexibility index (Phi) is 10.0. The van der Waals surface area contributed by atoms with E-state index < -0.39 is 0 Å². The van der Waals surface area contributed by atoms with E-state index in [2.05, 4.69) is 39.0 Å². The summed E-state index contributed by atoms with van der Waals surface area (Å²) in [6.07, 6.45) is 22.8. The molecule has 170 valence electrons. The van der Waals surface area contributed by atoms with Crippen molar-refractivity contribution in [2.75, 3.05) is 0 Å². The van der Waals surface area contributed by atoms with E-state index in [1.165, 1.54) is 100 Å². The Balaban J connectivity index is 1.45. The van der Waals surface area contributed by atoms with Crippen molar-refractivity contribution in [2.24, 2.45) is 11.8 Å². The van der Waals surface area contributed by atoms with Gasteiger partial charge in [-0.05, 0) is 54.7 Å². The highest BCUT2D eigenvalue weighted by atomic mass is 14.9. The summed E-state index contributed by atoms with van der Waals surface area (Å²) in [6.45, 7) is 6.78. The number of aryl methyl sites for hydroxylation is 3. The monoisotopic (exact) mass is 420 g/mol. The molecule has 1 aromatic heterocycles. The SMILES string of the molecule is CCCCCc1ccc(-c2cnc(CCC3CCC(CCCCC)CC3)nc2)c(C)c1. The minimum Gasteiger partial charge on any atom is -0.241 e. The van der Waals surface area contributed by atoms with Gasteiger partial charge in [0, 0.05) is 24.4 Å². The van der Waals surface area contributed by atoms with Crippen molar-refractivity contribution in [1.82, 2.24) is 9.97 Å². The molecule has 1 heterocycles. The van der Waals surface area contributed by atoms with Gasteiger partial charge in [0.25, 0.3) is 0 Å². The summed E-state index contributed by atoms with van der Waals surface area (Å²) in [7, 11) is 0. The number of nitrogens with zero attached hydrogens (tertiary/aromatic N) is 2. The van der Waals surface area contributed by atoms with Crippen LogP contribution in [0.25, 0.3) is 11.1 Å². The van der Waals surface area contributed by atoms with Crippen molar-refractivity contribution in [3.05, 3.63) is 47.5 Å². The molecule has 3 rings (SSSR count). The number of aromatic nitrogens is 2. The number of hydrogen-bond donors (Lipinski definition) is 0. The van der Waals surface area contributed by atoms with Crippen LogP contribution in [0.2, 0.25) is 0 Å². The van der Waals surface area contributed by atoms with Gasteiger partial charge in [0.15, 0.2) is 0 Å². The van der Waals surface area contributed by atoms with Gasteiger partial charge in [0.05, 0.1) is 0 Å². The second kappa shape index (κ2) is 13.0. The van der Waals surface area contributed by atoms with E-state index in [4.69, 9.17) is 9.97 Å². The Labute approximate surface area is 191 Å². The summed E-state index contributed by atoms with van der Waals surface area (Å²) >= 11 is 0. The molecule has 2 heteroatoms. The highest BCUT2D eigenvalue weighted by Gasteiger charge is 2.21. The fourth-order valence-electron chi connectivity index (χ4n) is 5.23. The van der Waals surface area contributed by atoms with E-state index in [9.17, 15) is 0 Å². The molecule has 2 nitrogen and oxygen atoms in total. The van der Waals surface area contributed by atoms with Crippen LogP contribution in [-0.2, 0) is 12.8 Å². The normalized spacial score (nSPS) is 18.9. The Bertz CT molecular complexity index is 757. The molecule has 0 radical (unpaired) electrons. The first-order valence-electron chi connectivity index (χ1n) is 13.1. The lowest BCUT2D eigenvalue weighted by Gasteiger charge is -2.28. The first-order chi connectivity index (χ1) is 15.2. The maximum atomic E-state index is 4.72. The average Bonchev–Trinajstić information content (AvgIpc) is 2.79. The molecule has 0 amide bonds. The molecule has 0 bridgehead atoms. The first-order valence-corrected chi connectivity index (χ1v) is 13.1. The van der Waals surface area contributed by atoms with Crippen LogP contribution in [0.1, 0.15) is 108 Å². The van der Waals surface area contributed by atoms with Crippen LogP contribution >= 0.6 is 0 Å². The van der Waals surface area contributed by atoms with E-state index in [-0.39, 0.29) is 0 Å². The summed E-state index contributed by atoms with van der Waals surface area (Å²) in [5, 5.41) is 0. The fourth-order valence-corrected chi connectivity index (χ4v) is 5.23. The Morgan fingerprint density at radius 1 is 0.774 bits per heavy atom. The predicted octanol–water partition coefficient (Wildman–Crippen LogP) is 8.50. The van der Waals surface area contributed by atoms with E-state index in [1.807, 2.05) is 12.4 Å². The van der Waals surface area contributed by atoms with Crippen molar-refractivity contribution in [1.29, 1.82) is 0 Å². The largest absolute Gasteiger partial charge is 0.241 e. The van der Waals surface area contributed by atoms with Crippen molar-refractivity contribution >= 4 is 0 Å². The third-order valence-electron chi connectivity index (χ3n) is 7.33. The smallest absolute Gasteiger partial charge is 0.128 e. The van der Waals surface area contributed by atoms with Crippen LogP contribution in [0.4, 0.5) is 0 Å². The van der Waals surface area contributed by atoms with Gasteiger partial charge < -0.3 is 0 Å². The van der Waals surface area contributed by atoms with Gasteiger partial charge in [-0.2, -0.15) is 0 Å². The fraction of sp³-hybridized carbons (Fsp3) is 0.655. The second-order valence-corrected chi connectivity index (χ2v) is 9.92. The average molecular weight is 421 g/mol. The molecule has 1 aromatic carbocycles. The number of rotatable bonds is 12. The molecule has 0 spiro atoms. The highest BCUT2D eigenvalue weighted by Crippen LogP contribution is 2.34. The Morgan fingerprint density at radius 2 is 1.42 bits per heavy atom. The minimum absolute atomic E-state index is 0.883. The van der Waals surface area contributed by atoms with Gasteiger partial charge in [-0.25, -0.2) is 9.97 Å². The number of unbranched alkanes of at least 4 members (excludes halogenated alkanes) is 4. The zero-order valence-corrected chi connectivity index (χ0v) is 20.3. The van der Waals surface area contributed by atoms with E-state index in [1.54, 1.807) is 0 Å². The molecule has 0 unspecified atom stereocenters. The number of benzene rings is 1. The maximum absolute atomic E-state index is 4.72. The summed E-state index contributed by atoms with van der Waals surface area (Å²) in [5.74, 6) is 2.90. The summed E-state index contributed by atoms with van der Waals surface area (Å²) in [4.78, 5) is 9.43. The predicted molar refractivity (Wildman–Crippen MR) is 133 cm³/mol. The number of hydrogen-bond acceptors (Lipinski definition) is 2. The van der Waals surface area contributed by atoms with E-state index in [0.717, 1.165) is 29.6 Å². The lowest BCUT2D eigenvalue weighted by atomic mass is 9.78. The Morgan fingerprint density at radius 3 is 2.06 bits per heavy atom. The van der Waals surface area contributed by atoms with Crippen molar-refractivity contribution in [2.45, 2.75) is 111 Å². The molecule has 1 saturated carbocycles. The highest BCUT2D eigenvalue weighted by molar-refractivity contribution is 5.66. The molecule has 31 heavy (non-hydrogen) atoms. The van der Waals surface area contributed by atoms with Crippen molar-refractivity contribution < 1.29 is 0 Å². The molecule has 1 fully saturated rings. The third-order valence-corrected chi connectivity index (χ3v) is 7.33. The first kappa shape index (κ1) is 24.0. The van der Waals surface area contributed by atoms with Gasteiger partial charge in [-0.1, -0.05) is 96.3 Å². The van der Waals surface area contributed by atoms with Crippen LogP contribution in [-0.4, -0.2) is 9.97 Å². The van der Waals surface area contributed by atoms with Gasteiger partial charge in [-0.15, -0.1) is 0 Å². The minimum atomic E-state index is 0.883. The molecule has 0 aliphatic heterocycles. The zero-order valence-electron chi connectivity index (χ0n) is 20.3. The lowest BCUT2D eigenvalue weighted by molar-refractivity contribution is 0.248. The second-order valence-electron chi connectivity index (χ2n) is 9.92. The van der Waals surface area contributed by atoms with Gasteiger partial charge in [0.2, 0.25) is 0 Å². The molecule has 2 aromatic rings. The van der Waals surface area contributed by atoms with E-state index in [0.29, 0.717) is 0 Å². The van der Waals surface area contributed by atoms with Crippen molar-refractivity contribution in [3.63, 3.8) is 0 Å². The quantitative estimate of drug-likeness (QED) is 0.322. The van der Waals surface area contributed by atoms with Crippen LogP contribution in [0.15, 0.2) is 30.6 Å². The molecule has 0 atom stereocenters. The van der Waals surface area contributed by atoms with Gasteiger partial charge in [-0.3, -0.25) is 0 Å². The third kappa shape index (κ3) is 7.74. The zero-order chi connectivity index (χ0) is 21.9. The van der Waals surface area contributed by atoms with Crippen LogP contribution in [0.5, 0.6) is 0 Å². The van der Waals surface area contributed by atoms with E-state index >= 15 is 0 Å². The van der Waals surface area contributed by atoms with Crippen LogP contribution in [0, 0.1) is 18.8 Å². The standard InChI is InChI=1S/C29H44N2/c1-4-6-8-10-24-12-14-25(15-13-24)17-19-29-30-21-27(22-31-29)28-18-16-26(20-23(28)3)11-9-7-5-2/h16,18,20-22,24-25H,4-15,17,19H2,1-3H3. The summed E-state index contributed by atoms with van der Waals surface area (Å²) in [5.41, 5.74) is 5.20. The molecule has 0 N–H and O–H groups in total. The molecule has 1 aliphatic carbocycles. The Hall–Kier alpha value is -1.70. The summed E-state index contributed by atoms with van der Waals surface area (Å²) in [6, 6.07) is 6.88. The lowest BCUT2D eigenvalue weighted by Crippen LogP contribution is -2.15. The van der Waals surface area contributed by atoms with Gasteiger partial charge >= 0.3 is 0 Å². The van der Waals surface area contributed by atoms with Crippen LogP contribution < -0.4 is 0 Å². The molecular formula is C29H44N2. The van der Waals surface area contributed by atoms with Crippen LogP contribution in [0.3, 0.4) is 0 Å². The summed E-state index contributed by atoms with van der Waals surface area (Å²) < 4.78 is 0. The molecule has 0 saturated heterocycles. The molecular weight excluding hydrogens is 376 g/mol.